The van der Waals surface area contributed by atoms with Gasteiger partial charge < -0.3 is 10.1 Å². The number of methoxy groups -OCH3 is 1. The van der Waals surface area contributed by atoms with Gasteiger partial charge >= 0.3 is 0 Å². The van der Waals surface area contributed by atoms with Crippen LogP contribution in [-0.4, -0.2) is 34.0 Å². The maximum Gasteiger partial charge on any atom is 0.240 e. The summed E-state index contributed by atoms with van der Waals surface area (Å²) in [5, 5.41) is 5.38. The van der Waals surface area contributed by atoms with Crippen LogP contribution in [-0.2, 0) is 27.7 Å². The summed E-state index contributed by atoms with van der Waals surface area (Å²) < 4.78 is 34.3. The summed E-state index contributed by atoms with van der Waals surface area (Å²) in [6.07, 6.45) is 5.89. The molecule has 0 aromatic heterocycles. The van der Waals surface area contributed by atoms with Gasteiger partial charge in [-0.1, -0.05) is 66.7 Å². The zero-order valence-corrected chi connectivity index (χ0v) is 25.5. The molecule has 43 heavy (non-hydrogen) atoms. The highest BCUT2D eigenvalue weighted by Crippen LogP contribution is 2.37. The highest BCUT2D eigenvalue weighted by Gasteiger charge is 2.34. The minimum absolute atomic E-state index is 0.0389. The number of rotatable bonds is 9. The first-order valence-corrected chi connectivity index (χ1v) is 16.9. The first-order valence-electron chi connectivity index (χ1n) is 15.4. The van der Waals surface area contributed by atoms with Gasteiger partial charge in [0.15, 0.2) is 0 Å². The van der Waals surface area contributed by atoms with E-state index in [9.17, 15) is 13.2 Å². The van der Waals surface area contributed by atoms with E-state index in [2.05, 4.69) is 46.4 Å². The van der Waals surface area contributed by atoms with E-state index in [0.29, 0.717) is 6.54 Å². The Balaban J connectivity index is 1.06. The molecule has 4 aromatic carbocycles. The Bertz CT molecular complexity index is 1680. The van der Waals surface area contributed by atoms with Crippen molar-refractivity contribution in [3.63, 3.8) is 0 Å². The molecule has 0 radical (unpaired) electrons. The van der Waals surface area contributed by atoms with Crippen LogP contribution in [0.3, 0.4) is 0 Å². The molecule has 0 heterocycles. The molecule has 0 saturated heterocycles. The van der Waals surface area contributed by atoms with E-state index in [1.807, 2.05) is 42.5 Å². The fraction of sp³-hybridized carbons (Fsp3) is 0.361. The summed E-state index contributed by atoms with van der Waals surface area (Å²) in [7, 11) is -1.90. The third kappa shape index (κ3) is 6.78. The molecule has 7 heteroatoms. The van der Waals surface area contributed by atoms with Crippen LogP contribution >= 0.6 is 0 Å². The zero-order valence-electron chi connectivity index (χ0n) is 24.7. The van der Waals surface area contributed by atoms with Crippen LogP contribution in [0.4, 0.5) is 0 Å². The number of hydrogen-bond donors (Lipinski definition) is 2. The molecule has 6 rings (SSSR count). The van der Waals surface area contributed by atoms with Gasteiger partial charge in [-0.3, -0.25) is 4.79 Å². The summed E-state index contributed by atoms with van der Waals surface area (Å²) in [6, 6.07) is 29.9. The van der Waals surface area contributed by atoms with Crippen molar-refractivity contribution in [2.75, 3.05) is 13.7 Å². The van der Waals surface area contributed by atoms with Crippen molar-refractivity contribution in [2.45, 2.75) is 61.8 Å². The molecule has 0 spiro atoms. The fourth-order valence-electron chi connectivity index (χ4n) is 6.88. The molecular formula is C36H40N2O4S. The average molecular weight is 597 g/mol. The maximum absolute atomic E-state index is 13.6. The van der Waals surface area contributed by atoms with Crippen LogP contribution in [0, 0.1) is 11.8 Å². The fourth-order valence-corrected chi connectivity index (χ4v) is 8.04. The molecule has 2 N–H and O–H groups in total. The third-order valence-corrected chi connectivity index (χ3v) is 10.8. The Hall–Kier alpha value is -3.68. The van der Waals surface area contributed by atoms with Crippen molar-refractivity contribution >= 4 is 26.7 Å². The minimum atomic E-state index is -3.60. The summed E-state index contributed by atoms with van der Waals surface area (Å²) >= 11 is 0. The lowest BCUT2D eigenvalue weighted by atomic mass is 9.75. The lowest BCUT2D eigenvalue weighted by molar-refractivity contribution is -0.127. The van der Waals surface area contributed by atoms with Crippen LogP contribution in [0.2, 0.25) is 0 Å². The molecule has 2 unspecified atom stereocenters. The Kier molecular flexibility index (Phi) is 8.82. The van der Waals surface area contributed by atoms with E-state index >= 15 is 0 Å². The molecule has 1 amide bonds. The highest BCUT2D eigenvalue weighted by molar-refractivity contribution is 7.89. The van der Waals surface area contributed by atoms with Crippen molar-refractivity contribution in [3.8, 4) is 5.75 Å². The van der Waals surface area contributed by atoms with E-state index < -0.39 is 10.0 Å². The van der Waals surface area contributed by atoms with Crippen LogP contribution in [0.5, 0.6) is 5.75 Å². The molecular weight excluding hydrogens is 556 g/mol. The minimum Gasteiger partial charge on any atom is -0.497 e. The Morgan fingerprint density at radius 2 is 1.58 bits per heavy atom. The molecule has 2 atom stereocenters. The quantitative estimate of drug-likeness (QED) is 0.235. The van der Waals surface area contributed by atoms with E-state index in [1.165, 1.54) is 16.7 Å². The molecule has 4 aromatic rings. The molecule has 2 aliphatic carbocycles. The van der Waals surface area contributed by atoms with Crippen molar-refractivity contribution < 1.29 is 17.9 Å². The van der Waals surface area contributed by atoms with Crippen LogP contribution in [0.25, 0.3) is 10.8 Å². The number of ether oxygens (including phenoxy) is 1. The Morgan fingerprint density at radius 1 is 0.837 bits per heavy atom. The number of amides is 1. The van der Waals surface area contributed by atoms with Crippen molar-refractivity contribution in [1.82, 2.24) is 10.0 Å². The van der Waals surface area contributed by atoms with E-state index in [1.54, 1.807) is 19.2 Å². The second kappa shape index (κ2) is 12.9. The van der Waals surface area contributed by atoms with Gasteiger partial charge in [0, 0.05) is 24.4 Å². The summed E-state index contributed by atoms with van der Waals surface area (Å²) in [5.74, 6) is 1.39. The number of nitrogens with one attached hydrogen (secondary N) is 2. The number of benzene rings is 4. The maximum atomic E-state index is 13.6. The van der Waals surface area contributed by atoms with Gasteiger partial charge in [-0.25, -0.2) is 13.1 Å². The van der Waals surface area contributed by atoms with E-state index in [4.69, 9.17) is 4.74 Å². The predicted molar refractivity (Wildman–Crippen MR) is 171 cm³/mol. The summed E-state index contributed by atoms with van der Waals surface area (Å²) in [4.78, 5) is 13.8. The van der Waals surface area contributed by atoms with Crippen LogP contribution in [0.15, 0.2) is 95.9 Å². The number of aryl methyl sites for hydroxylation is 1. The second-order valence-corrected chi connectivity index (χ2v) is 13.9. The van der Waals surface area contributed by atoms with Crippen molar-refractivity contribution in [2.24, 2.45) is 11.8 Å². The molecule has 1 saturated carbocycles. The standard InChI is InChI=1S/C36H40N2O4S/c1-42-31-17-19-33-30(22-31)16-20-35(34(33)21-25-7-3-2-4-8-25)38-36(39)28-13-11-26(12-14-28)24-37-43(40,41)32-18-15-27-9-5-6-10-29(27)23-32/h2-10,15,17-19,22-23,26,28,34-35,37H,11-14,16,20-21,24H2,1H3,(H,38,39). The zero-order chi connectivity index (χ0) is 29.8. The van der Waals surface area contributed by atoms with Crippen molar-refractivity contribution in [1.29, 1.82) is 0 Å². The topological polar surface area (TPSA) is 84.5 Å². The van der Waals surface area contributed by atoms with Crippen molar-refractivity contribution in [3.05, 3.63) is 108 Å². The molecule has 224 valence electrons. The lowest BCUT2D eigenvalue weighted by Crippen LogP contribution is -2.46. The second-order valence-electron chi connectivity index (χ2n) is 12.1. The first kappa shape index (κ1) is 29.4. The van der Waals surface area contributed by atoms with Gasteiger partial charge in [0.2, 0.25) is 15.9 Å². The molecule has 0 bridgehead atoms. The number of hydrogen-bond acceptors (Lipinski definition) is 4. The third-order valence-electron chi connectivity index (χ3n) is 9.40. The highest BCUT2D eigenvalue weighted by atomic mass is 32.2. The van der Waals surface area contributed by atoms with Gasteiger partial charge in [-0.2, -0.15) is 0 Å². The molecule has 0 aliphatic heterocycles. The van der Waals surface area contributed by atoms with Crippen LogP contribution in [0.1, 0.15) is 54.7 Å². The van der Waals surface area contributed by atoms with Gasteiger partial charge in [0.1, 0.15) is 5.75 Å². The van der Waals surface area contributed by atoms with E-state index in [0.717, 1.165) is 61.5 Å². The monoisotopic (exact) mass is 596 g/mol. The average Bonchev–Trinajstić information content (AvgIpc) is 3.05. The van der Waals surface area contributed by atoms with E-state index in [-0.39, 0.29) is 34.6 Å². The molecule has 6 nitrogen and oxygen atoms in total. The number of sulfonamides is 1. The summed E-state index contributed by atoms with van der Waals surface area (Å²) in [6.45, 7) is 0.394. The normalized spacial score (nSPS) is 22.1. The Labute approximate surface area is 254 Å². The van der Waals surface area contributed by atoms with Gasteiger partial charge in [0.05, 0.1) is 12.0 Å². The molecule has 1 fully saturated rings. The van der Waals surface area contributed by atoms with Gasteiger partial charge in [-0.05, 0) is 103 Å². The van der Waals surface area contributed by atoms with Gasteiger partial charge in [-0.15, -0.1) is 0 Å². The van der Waals surface area contributed by atoms with Crippen LogP contribution < -0.4 is 14.8 Å². The summed E-state index contributed by atoms with van der Waals surface area (Å²) in [5.41, 5.74) is 3.86. The smallest absolute Gasteiger partial charge is 0.240 e. The number of carbonyl (C=O) groups excluding carboxylic acids is 1. The predicted octanol–water partition coefficient (Wildman–Crippen LogP) is 6.39. The first-order chi connectivity index (χ1) is 20.9. The SMILES string of the molecule is COc1ccc2c(c1)CCC(NC(=O)C1CCC(CNS(=O)(=O)c3ccc4ccccc4c3)CC1)C2Cc1ccccc1. The lowest BCUT2D eigenvalue weighted by Gasteiger charge is -2.36. The Morgan fingerprint density at radius 3 is 2.35 bits per heavy atom. The molecule has 2 aliphatic rings. The largest absolute Gasteiger partial charge is 0.497 e. The number of carbonyl (C=O) groups is 1. The number of fused-ring (bicyclic) bond motifs is 2. The van der Waals surface area contributed by atoms with Gasteiger partial charge in [0.25, 0.3) is 0 Å².